The number of aryl methyl sites for hydroxylation is 1. The predicted octanol–water partition coefficient (Wildman–Crippen LogP) is 4.40. The summed E-state index contributed by atoms with van der Waals surface area (Å²) >= 11 is 0. The van der Waals surface area contributed by atoms with Crippen LogP contribution in [0.1, 0.15) is 24.5 Å². The van der Waals surface area contributed by atoms with Gasteiger partial charge in [-0.25, -0.2) is 0 Å². The largest absolute Gasteiger partial charge is 0.508 e. The highest BCUT2D eigenvalue weighted by atomic mass is 16.3. The van der Waals surface area contributed by atoms with Crippen molar-refractivity contribution in [3.8, 4) is 0 Å². The van der Waals surface area contributed by atoms with Gasteiger partial charge in [-0.05, 0) is 31.0 Å². The zero-order valence-electron chi connectivity index (χ0n) is 13.4. The van der Waals surface area contributed by atoms with Crippen molar-refractivity contribution in [1.82, 2.24) is 0 Å². The first-order chi connectivity index (χ1) is 11.1. The van der Waals surface area contributed by atoms with Crippen LogP contribution in [0.25, 0.3) is 5.70 Å². The number of para-hydroxylation sites is 1. The average molecular weight is 307 g/mol. The summed E-state index contributed by atoms with van der Waals surface area (Å²) in [6.07, 6.45) is 1.47. The molecule has 1 aliphatic rings. The van der Waals surface area contributed by atoms with Crippen molar-refractivity contribution in [3.63, 3.8) is 0 Å². The molecule has 0 saturated heterocycles. The van der Waals surface area contributed by atoms with E-state index in [0.29, 0.717) is 12.0 Å². The minimum atomic E-state index is -0.873. The third kappa shape index (κ3) is 2.76. The van der Waals surface area contributed by atoms with E-state index in [1.807, 2.05) is 73.3 Å². The molecule has 0 saturated carbocycles. The lowest BCUT2D eigenvalue weighted by Gasteiger charge is -2.37. The first-order valence-electron chi connectivity index (χ1n) is 7.85. The lowest BCUT2D eigenvalue weighted by molar-refractivity contribution is 0.204. The van der Waals surface area contributed by atoms with Crippen molar-refractivity contribution < 1.29 is 10.2 Å². The van der Waals surface area contributed by atoms with E-state index < -0.39 is 6.23 Å². The van der Waals surface area contributed by atoms with Crippen LogP contribution in [0.15, 0.2) is 72.0 Å². The van der Waals surface area contributed by atoms with Crippen LogP contribution in [0.3, 0.4) is 0 Å². The number of rotatable bonds is 3. The summed E-state index contributed by atoms with van der Waals surface area (Å²) in [5.41, 5.74) is 4.42. The van der Waals surface area contributed by atoms with Gasteiger partial charge in [0.2, 0.25) is 0 Å². The van der Waals surface area contributed by atoms with Crippen molar-refractivity contribution in [2.24, 2.45) is 0 Å². The van der Waals surface area contributed by atoms with E-state index in [1.165, 1.54) is 0 Å². The third-order valence-corrected chi connectivity index (χ3v) is 4.25. The molecular weight excluding hydrogens is 286 g/mol. The minimum absolute atomic E-state index is 0.158. The van der Waals surface area contributed by atoms with Gasteiger partial charge in [-0.1, -0.05) is 49.4 Å². The SMILES string of the molecule is CCC1=C(O)C=C(c2ccccc2C)N(c2ccccc2)C1O. The highest BCUT2D eigenvalue weighted by molar-refractivity contribution is 5.84. The van der Waals surface area contributed by atoms with Crippen LogP contribution >= 0.6 is 0 Å². The van der Waals surface area contributed by atoms with Crippen molar-refractivity contribution in [2.75, 3.05) is 4.90 Å². The lowest BCUT2D eigenvalue weighted by Crippen LogP contribution is -2.38. The molecule has 1 aliphatic heterocycles. The van der Waals surface area contributed by atoms with Crippen LogP contribution < -0.4 is 4.90 Å². The molecule has 2 aromatic rings. The fourth-order valence-electron chi connectivity index (χ4n) is 3.01. The number of anilines is 1. The van der Waals surface area contributed by atoms with Gasteiger partial charge in [-0.3, -0.25) is 0 Å². The van der Waals surface area contributed by atoms with E-state index in [9.17, 15) is 10.2 Å². The number of hydrogen-bond donors (Lipinski definition) is 2. The normalized spacial score (nSPS) is 18.1. The number of aliphatic hydroxyl groups excluding tert-OH is 2. The minimum Gasteiger partial charge on any atom is -0.508 e. The maximum absolute atomic E-state index is 10.8. The standard InChI is InChI=1S/C20H21NO2/c1-3-16-19(22)13-18(17-12-8-7-9-14(17)2)21(20(16)23)15-10-5-4-6-11-15/h4-13,20,22-23H,3H2,1-2H3. The molecule has 0 amide bonds. The summed E-state index contributed by atoms with van der Waals surface area (Å²) in [4.78, 5) is 1.88. The number of allylic oxidation sites excluding steroid dienone is 1. The van der Waals surface area contributed by atoms with Gasteiger partial charge in [0, 0.05) is 22.9 Å². The summed E-state index contributed by atoms with van der Waals surface area (Å²) in [6.45, 7) is 3.96. The molecule has 23 heavy (non-hydrogen) atoms. The highest BCUT2D eigenvalue weighted by Gasteiger charge is 2.30. The monoisotopic (exact) mass is 307 g/mol. The number of benzene rings is 2. The molecule has 0 radical (unpaired) electrons. The first-order valence-corrected chi connectivity index (χ1v) is 7.85. The van der Waals surface area contributed by atoms with Crippen molar-refractivity contribution in [1.29, 1.82) is 0 Å². The number of nitrogens with zero attached hydrogens (tertiary/aromatic N) is 1. The molecule has 1 heterocycles. The molecule has 2 aromatic carbocycles. The highest BCUT2D eigenvalue weighted by Crippen LogP contribution is 2.36. The second kappa shape index (κ2) is 6.31. The van der Waals surface area contributed by atoms with Gasteiger partial charge in [-0.15, -0.1) is 0 Å². The maximum Gasteiger partial charge on any atom is 0.157 e. The molecule has 0 fully saturated rings. The third-order valence-electron chi connectivity index (χ3n) is 4.25. The summed E-state index contributed by atoms with van der Waals surface area (Å²) in [5, 5.41) is 21.2. The molecule has 1 atom stereocenters. The Morgan fingerprint density at radius 1 is 1.00 bits per heavy atom. The van der Waals surface area contributed by atoms with Crippen LogP contribution in [0.2, 0.25) is 0 Å². The molecular formula is C20H21NO2. The Bertz CT molecular complexity index is 762. The van der Waals surface area contributed by atoms with Gasteiger partial charge < -0.3 is 15.1 Å². The van der Waals surface area contributed by atoms with Gasteiger partial charge >= 0.3 is 0 Å². The summed E-state index contributed by atoms with van der Waals surface area (Å²) in [5.74, 6) is 0.158. The van der Waals surface area contributed by atoms with Crippen LogP contribution in [0.5, 0.6) is 0 Å². The van der Waals surface area contributed by atoms with E-state index in [-0.39, 0.29) is 5.76 Å². The van der Waals surface area contributed by atoms with Crippen molar-refractivity contribution in [3.05, 3.63) is 83.1 Å². The Morgan fingerprint density at radius 3 is 2.30 bits per heavy atom. The number of aliphatic hydroxyl groups is 2. The average Bonchev–Trinajstić information content (AvgIpc) is 2.56. The lowest BCUT2D eigenvalue weighted by atomic mass is 9.97. The molecule has 2 N–H and O–H groups in total. The molecule has 1 unspecified atom stereocenters. The number of hydrogen-bond acceptors (Lipinski definition) is 3. The maximum atomic E-state index is 10.8. The molecule has 3 rings (SSSR count). The topological polar surface area (TPSA) is 43.7 Å². The van der Waals surface area contributed by atoms with Gasteiger partial charge in [0.25, 0.3) is 0 Å². The second-order valence-corrected chi connectivity index (χ2v) is 5.69. The van der Waals surface area contributed by atoms with Crippen molar-refractivity contribution in [2.45, 2.75) is 26.5 Å². The zero-order valence-corrected chi connectivity index (χ0v) is 13.4. The van der Waals surface area contributed by atoms with E-state index >= 15 is 0 Å². The Kier molecular flexibility index (Phi) is 4.22. The fourth-order valence-corrected chi connectivity index (χ4v) is 3.01. The van der Waals surface area contributed by atoms with E-state index in [2.05, 4.69) is 0 Å². The summed E-state index contributed by atoms with van der Waals surface area (Å²) in [6, 6.07) is 17.8. The smallest absolute Gasteiger partial charge is 0.157 e. The summed E-state index contributed by atoms with van der Waals surface area (Å²) in [7, 11) is 0. The van der Waals surface area contributed by atoms with Gasteiger partial charge in [0.1, 0.15) is 5.76 Å². The molecule has 118 valence electrons. The van der Waals surface area contributed by atoms with E-state index in [0.717, 1.165) is 22.5 Å². The predicted molar refractivity (Wildman–Crippen MR) is 94.0 cm³/mol. The van der Waals surface area contributed by atoms with Gasteiger partial charge in [-0.2, -0.15) is 0 Å². The van der Waals surface area contributed by atoms with Crippen LogP contribution in [0.4, 0.5) is 5.69 Å². The quantitative estimate of drug-likeness (QED) is 0.883. The van der Waals surface area contributed by atoms with Gasteiger partial charge in [0.15, 0.2) is 6.23 Å². The molecule has 0 aliphatic carbocycles. The molecule has 3 nitrogen and oxygen atoms in total. The Morgan fingerprint density at radius 2 is 1.65 bits per heavy atom. The van der Waals surface area contributed by atoms with Crippen molar-refractivity contribution >= 4 is 11.4 Å². The molecule has 3 heteroatoms. The second-order valence-electron chi connectivity index (χ2n) is 5.69. The van der Waals surface area contributed by atoms with Crippen LogP contribution in [0, 0.1) is 6.92 Å². The Labute approximate surface area is 136 Å². The summed E-state index contributed by atoms with van der Waals surface area (Å²) < 4.78 is 0. The fraction of sp³-hybridized carbons (Fsp3) is 0.200. The Balaban J connectivity index is 2.19. The Hall–Kier alpha value is -2.52. The molecule has 0 spiro atoms. The first kappa shape index (κ1) is 15.4. The molecule has 0 bridgehead atoms. The van der Waals surface area contributed by atoms with E-state index in [4.69, 9.17) is 0 Å². The zero-order chi connectivity index (χ0) is 16.4. The van der Waals surface area contributed by atoms with E-state index in [1.54, 1.807) is 6.08 Å². The van der Waals surface area contributed by atoms with Crippen LogP contribution in [-0.4, -0.2) is 16.4 Å². The van der Waals surface area contributed by atoms with Crippen LogP contribution in [-0.2, 0) is 0 Å². The van der Waals surface area contributed by atoms with Gasteiger partial charge in [0.05, 0.1) is 5.70 Å². The molecule has 0 aromatic heterocycles.